The lowest BCUT2D eigenvalue weighted by atomic mass is 10.3. The molecule has 0 saturated carbocycles. The van der Waals surface area contributed by atoms with Crippen LogP contribution < -0.4 is 0 Å². The first-order valence-electron chi connectivity index (χ1n) is 5.65. The highest BCUT2D eigenvalue weighted by molar-refractivity contribution is 7.87. The third kappa shape index (κ3) is 28.5. The first-order chi connectivity index (χ1) is 10.7. The van der Waals surface area contributed by atoms with Gasteiger partial charge in [-0.3, -0.25) is 14.1 Å². The number of carboxylic acid groups (broad SMARTS) is 2. The number of ether oxygens (including phenoxy) is 1. The predicted octanol–water partition coefficient (Wildman–Crippen LogP) is -0.751. The second-order valence-electron chi connectivity index (χ2n) is 3.57. The maximum Gasteiger partial charge on any atom is 0.466 e. The molecule has 0 aromatic heterocycles. The molecule has 0 aliphatic carbocycles. The molecular weight excluding hydrogens is 375 g/mol. The van der Waals surface area contributed by atoms with E-state index in [1.165, 1.54) is 0 Å². The molecule has 1 unspecified atom stereocenters. The molecule has 1 atom stereocenters. The predicted molar refractivity (Wildman–Crippen MR) is 80.7 cm³/mol. The van der Waals surface area contributed by atoms with E-state index in [-0.39, 0.29) is 0 Å². The zero-order valence-corrected chi connectivity index (χ0v) is 14.0. The van der Waals surface area contributed by atoms with Crippen molar-refractivity contribution in [2.75, 3.05) is 13.2 Å². The van der Waals surface area contributed by atoms with Crippen LogP contribution in [0, 0.1) is 0 Å². The summed E-state index contributed by atoms with van der Waals surface area (Å²) in [7, 11) is -9.48. The molecule has 12 nitrogen and oxygen atoms in total. The Hall–Kier alpha value is -1.60. The molecule has 142 valence electrons. The number of hydrogen-bond acceptors (Lipinski definition) is 6. The standard InChI is InChI=1S/C6H10O.C4H6O7S.H3O4P/c1-3-5-7-6-4-2;5-3(6)1-2(4(7)8)12(9,10)11;1-5(2,3)4/h3-4H,1-2,5-6H2;2H,1H2,(H,5,6)(H,7,8)(H,9,10,11);(H3,1,2,3,4). The van der Waals surface area contributed by atoms with Crippen molar-refractivity contribution in [1.82, 2.24) is 0 Å². The van der Waals surface area contributed by atoms with E-state index in [2.05, 4.69) is 13.2 Å². The van der Waals surface area contributed by atoms with Gasteiger partial charge in [0, 0.05) is 0 Å². The van der Waals surface area contributed by atoms with Crippen LogP contribution in [0.15, 0.2) is 25.3 Å². The number of phosphoric acid groups is 1. The zero-order valence-electron chi connectivity index (χ0n) is 12.3. The molecule has 0 aliphatic heterocycles. The smallest absolute Gasteiger partial charge is 0.466 e. The van der Waals surface area contributed by atoms with Gasteiger partial charge in [-0.05, 0) is 0 Å². The van der Waals surface area contributed by atoms with Gasteiger partial charge in [0.1, 0.15) is 0 Å². The Balaban J connectivity index is -0.000000311. The van der Waals surface area contributed by atoms with Gasteiger partial charge in [-0.2, -0.15) is 8.42 Å². The summed E-state index contributed by atoms with van der Waals surface area (Å²) in [6, 6.07) is 0. The highest BCUT2D eigenvalue weighted by Gasteiger charge is 2.33. The quantitative estimate of drug-likeness (QED) is 0.130. The van der Waals surface area contributed by atoms with Crippen LogP contribution in [0.5, 0.6) is 0 Å². The van der Waals surface area contributed by atoms with E-state index in [4.69, 9.17) is 38.7 Å². The first kappa shape index (κ1) is 27.3. The van der Waals surface area contributed by atoms with Crippen LogP contribution in [-0.4, -0.2) is 68.3 Å². The lowest BCUT2D eigenvalue weighted by Gasteiger charge is -2.04. The van der Waals surface area contributed by atoms with Crippen molar-refractivity contribution >= 4 is 29.9 Å². The van der Waals surface area contributed by atoms with Gasteiger partial charge >= 0.3 is 19.8 Å². The number of carboxylic acids is 2. The molecule has 0 aliphatic rings. The average Bonchev–Trinajstić information content (AvgIpc) is 2.33. The topological polar surface area (TPSA) is 216 Å². The summed E-state index contributed by atoms with van der Waals surface area (Å²) in [5.41, 5.74) is 0. The Labute approximate surface area is 137 Å². The molecule has 24 heavy (non-hydrogen) atoms. The second kappa shape index (κ2) is 13.8. The van der Waals surface area contributed by atoms with Crippen LogP contribution in [0.4, 0.5) is 0 Å². The Morgan fingerprint density at radius 1 is 1.08 bits per heavy atom. The van der Waals surface area contributed by atoms with Gasteiger partial charge in [-0.1, -0.05) is 12.2 Å². The minimum Gasteiger partial charge on any atom is -0.481 e. The summed E-state index contributed by atoms with van der Waals surface area (Å²) in [4.78, 5) is 41.6. The van der Waals surface area contributed by atoms with Gasteiger partial charge in [-0.15, -0.1) is 13.2 Å². The molecule has 0 radical (unpaired) electrons. The highest BCUT2D eigenvalue weighted by atomic mass is 32.2. The third-order valence-corrected chi connectivity index (χ3v) is 2.55. The lowest BCUT2D eigenvalue weighted by molar-refractivity contribution is -0.143. The monoisotopic (exact) mass is 394 g/mol. The number of carbonyl (C=O) groups is 2. The van der Waals surface area contributed by atoms with Crippen LogP contribution in [-0.2, 0) is 29.0 Å². The van der Waals surface area contributed by atoms with Crippen LogP contribution in [0.1, 0.15) is 6.42 Å². The summed E-state index contributed by atoms with van der Waals surface area (Å²) in [5.74, 6) is -3.50. The summed E-state index contributed by atoms with van der Waals surface area (Å²) in [6.07, 6.45) is 2.27. The van der Waals surface area contributed by atoms with E-state index in [1.54, 1.807) is 12.2 Å². The van der Waals surface area contributed by atoms with Crippen LogP contribution in [0.25, 0.3) is 0 Å². The maximum atomic E-state index is 10.2. The molecule has 0 heterocycles. The van der Waals surface area contributed by atoms with Gasteiger partial charge in [0.15, 0.2) is 5.25 Å². The number of aliphatic carboxylic acids is 2. The van der Waals surface area contributed by atoms with E-state index < -0.39 is 41.6 Å². The van der Waals surface area contributed by atoms with Crippen molar-refractivity contribution < 1.29 is 56.8 Å². The fourth-order valence-corrected chi connectivity index (χ4v) is 1.32. The van der Waals surface area contributed by atoms with E-state index in [9.17, 15) is 18.0 Å². The molecule has 14 heteroatoms. The minimum atomic E-state index is -4.84. The molecule has 0 bridgehead atoms. The third-order valence-electron chi connectivity index (χ3n) is 1.47. The average molecular weight is 394 g/mol. The van der Waals surface area contributed by atoms with Crippen molar-refractivity contribution in [3.63, 3.8) is 0 Å². The Kier molecular flexibility index (Phi) is 15.7. The molecule has 0 rings (SSSR count). The lowest BCUT2D eigenvalue weighted by Crippen LogP contribution is -2.31. The molecule has 0 amide bonds. The summed E-state index contributed by atoms with van der Waals surface area (Å²) in [5, 5.41) is 13.9. The maximum absolute atomic E-state index is 10.2. The summed E-state index contributed by atoms with van der Waals surface area (Å²) >= 11 is 0. The first-order valence-corrected chi connectivity index (χ1v) is 8.72. The zero-order chi connectivity index (χ0) is 20.0. The second-order valence-corrected chi connectivity index (χ2v) is 6.19. The summed E-state index contributed by atoms with van der Waals surface area (Å²) in [6.45, 7) is 8.18. The normalized spacial score (nSPS) is 11.7. The van der Waals surface area contributed by atoms with Gasteiger partial charge in [0.05, 0.1) is 19.6 Å². The van der Waals surface area contributed by atoms with Crippen LogP contribution in [0.3, 0.4) is 0 Å². The van der Waals surface area contributed by atoms with Gasteiger partial charge in [0.25, 0.3) is 10.1 Å². The number of rotatable bonds is 8. The fraction of sp³-hybridized carbons (Fsp3) is 0.400. The van der Waals surface area contributed by atoms with E-state index in [0.29, 0.717) is 13.2 Å². The Morgan fingerprint density at radius 3 is 1.54 bits per heavy atom. The molecule has 0 aromatic rings. The van der Waals surface area contributed by atoms with E-state index >= 15 is 0 Å². The van der Waals surface area contributed by atoms with E-state index in [1.807, 2.05) is 0 Å². The van der Waals surface area contributed by atoms with Gasteiger partial charge in [-0.25, -0.2) is 4.57 Å². The molecular formula is C10H19O12PS. The van der Waals surface area contributed by atoms with Crippen molar-refractivity contribution in [3.8, 4) is 0 Å². The minimum absolute atomic E-state index is 0.617. The largest absolute Gasteiger partial charge is 0.481 e. The molecule has 0 saturated heterocycles. The Morgan fingerprint density at radius 2 is 1.42 bits per heavy atom. The van der Waals surface area contributed by atoms with E-state index in [0.717, 1.165) is 0 Å². The Bertz CT molecular complexity index is 532. The molecule has 0 spiro atoms. The van der Waals surface area contributed by atoms with Crippen molar-refractivity contribution in [2.24, 2.45) is 0 Å². The van der Waals surface area contributed by atoms with Crippen molar-refractivity contribution in [3.05, 3.63) is 25.3 Å². The molecule has 0 aromatic carbocycles. The van der Waals surface area contributed by atoms with Crippen molar-refractivity contribution in [2.45, 2.75) is 11.7 Å². The fourth-order valence-electron chi connectivity index (χ4n) is 0.713. The van der Waals surface area contributed by atoms with Crippen LogP contribution >= 0.6 is 7.82 Å². The SMILES string of the molecule is C=CCOCC=C.O=C(O)CC(C(=O)O)S(=O)(=O)O.O=P(O)(O)O. The highest BCUT2D eigenvalue weighted by Crippen LogP contribution is 2.25. The summed E-state index contributed by atoms with van der Waals surface area (Å²) < 4.78 is 42.4. The van der Waals surface area contributed by atoms with Crippen molar-refractivity contribution in [1.29, 1.82) is 0 Å². The van der Waals surface area contributed by atoms with Crippen LogP contribution in [0.2, 0.25) is 0 Å². The molecule has 6 N–H and O–H groups in total. The van der Waals surface area contributed by atoms with Gasteiger partial charge in [0.2, 0.25) is 0 Å². The van der Waals surface area contributed by atoms with Gasteiger partial charge < -0.3 is 29.6 Å². The molecule has 0 fully saturated rings. The number of hydrogen-bond donors (Lipinski definition) is 6.